The number of aromatic nitrogens is 4. The van der Waals surface area contributed by atoms with Crippen LogP contribution >= 0.6 is 0 Å². The van der Waals surface area contributed by atoms with E-state index in [0.29, 0.717) is 6.54 Å². The van der Waals surface area contributed by atoms with E-state index in [1.54, 1.807) is 0 Å². The third kappa shape index (κ3) is 7.03. The van der Waals surface area contributed by atoms with Gasteiger partial charge in [-0.1, -0.05) is 152 Å². The van der Waals surface area contributed by atoms with E-state index < -0.39 is 0 Å². The van der Waals surface area contributed by atoms with Crippen molar-refractivity contribution in [2.45, 2.75) is 12.6 Å². The molecule has 3 heterocycles. The number of rotatable bonds is 10. The van der Waals surface area contributed by atoms with Crippen molar-refractivity contribution in [2.24, 2.45) is 5.73 Å². The Labute approximate surface area is 343 Å². The SMILES string of the molecule is NC(/C=C(\NCc1ccccc1)c1ccc(-c2ccc(-n3c(-c4ccccn4)nc4c5ccccc5c5ncccc5c43)cc2)cc1)c1ccc(-c2ccccc2)cc1. The fourth-order valence-corrected chi connectivity index (χ4v) is 7.98. The Bertz CT molecular complexity index is 3070. The lowest BCUT2D eigenvalue weighted by atomic mass is 9.98. The second kappa shape index (κ2) is 15.7. The monoisotopic (exact) mass is 760 g/mol. The summed E-state index contributed by atoms with van der Waals surface area (Å²) in [4.78, 5) is 14.9. The number of imidazole rings is 1. The Kier molecular flexibility index (Phi) is 9.50. The molecule has 0 spiro atoms. The van der Waals surface area contributed by atoms with Gasteiger partial charge in [0.05, 0.1) is 22.6 Å². The molecule has 0 fully saturated rings. The van der Waals surface area contributed by atoms with E-state index >= 15 is 0 Å². The van der Waals surface area contributed by atoms with Crippen LogP contribution < -0.4 is 11.1 Å². The molecule has 0 saturated carbocycles. The number of nitrogens with two attached hydrogens (primary N) is 1. The van der Waals surface area contributed by atoms with Gasteiger partial charge < -0.3 is 11.1 Å². The molecule has 1 unspecified atom stereocenters. The highest BCUT2D eigenvalue weighted by Crippen LogP contribution is 2.38. The highest BCUT2D eigenvalue weighted by atomic mass is 15.1. The molecular weight excluding hydrogens is 721 g/mol. The van der Waals surface area contributed by atoms with Crippen molar-refractivity contribution in [1.29, 1.82) is 0 Å². The highest BCUT2D eigenvalue weighted by molar-refractivity contribution is 6.23. The van der Waals surface area contributed by atoms with Gasteiger partial charge >= 0.3 is 0 Å². The summed E-state index contributed by atoms with van der Waals surface area (Å²) in [5.74, 6) is 0.784. The highest BCUT2D eigenvalue weighted by Gasteiger charge is 2.21. The second-order valence-electron chi connectivity index (χ2n) is 14.7. The van der Waals surface area contributed by atoms with Gasteiger partial charge in [-0.15, -0.1) is 0 Å². The van der Waals surface area contributed by atoms with Gasteiger partial charge in [0.1, 0.15) is 5.69 Å². The number of hydrogen-bond acceptors (Lipinski definition) is 5. The minimum Gasteiger partial charge on any atom is -0.381 e. The maximum atomic E-state index is 6.88. The lowest BCUT2D eigenvalue weighted by Crippen LogP contribution is -2.16. The zero-order valence-electron chi connectivity index (χ0n) is 32.3. The average molecular weight is 761 g/mol. The molecule has 6 nitrogen and oxygen atoms in total. The fraction of sp³-hybridized carbons (Fsp3) is 0.0377. The van der Waals surface area contributed by atoms with E-state index in [4.69, 9.17) is 20.7 Å². The molecule has 0 aliphatic heterocycles. The van der Waals surface area contributed by atoms with Crippen LogP contribution in [0.1, 0.15) is 22.7 Å². The van der Waals surface area contributed by atoms with Crippen molar-refractivity contribution in [2.75, 3.05) is 0 Å². The summed E-state index contributed by atoms with van der Waals surface area (Å²) in [5, 5.41) is 6.89. The predicted molar refractivity (Wildman–Crippen MR) is 243 cm³/mol. The van der Waals surface area contributed by atoms with Crippen molar-refractivity contribution in [1.82, 2.24) is 24.8 Å². The van der Waals surface area contributed by atoms with Crippen LogP contribution in [0.3, 0.4) is 0 Å². The molecule has 0 saturated heterocycles. The molecule has 10 rings (SSSR count). The van der Waals surface area contributed by atoms with Crippen LogP contribution in [-0.2, 0) is 6.54 Å². The summed E-state index contributed by atoms with van der Waals surface area (Å²) in [5.41, 5.74) is 20.4. The molecule has 0 bridgehead atoms. The second-order valence-corrected chi connectivity index (χ2v) is 14.7. The summed E-state index contributed by atoms with van der Waals surface area (Å²) in [6.45, 7) is 0.681. The van der Waals surface area contributed by atoms with Gasteiger partial charge in [0.15, 0.2) is 5.82 Å². The lowest BCUT2D eigenvalue weighted by Gasteiger charge is -2.16. The molecule has 0 amide bonds. The molecule has 59 heavy (non-hydrogen) atoms. The topological polar surface area (TPSA) is 81.6 Å². The van der Waals surface area contributed by atoms with Crippen LogP contribution in [0, 0.1) is 0 Å². The van der Waals surface area contributed by atoms with Crippen LogP contribution in [0.4, 0.5) is 0 Å². The molecule has 6 heteroatoms. The minimum absolute atomic E-state index is 0.300. The summed E-state index contributed by atoms with van der Waals surface area (Å²) >= 11 is 0. The fourth-order valence-electron chi connectivity index (χ4n) is 7.98. The quantitative estimate of drug-likeness (QED) is 0.136. The van der Waals surface area contributed by atoms with Crippen molar-refractivity contribution in [3.63, 3.8) is 0 Å². The third-order valence-electron chi connectivity index (χ3n) is 11.0. The summed E-state index contributed by atoms with van der Waals surface area (Å²) in [6.07, 6.45) is 5.80. The number of fused-ring (bicyclic) bond motifs is 6. The van der Waals surface area contributed by atoms with E-state index in [2.05, 4.69) is 168 Å². The van der Waals surface area contributed by atoms with Crippen LogP contribution in [0.2, 0.25) is 0 Å². The number of pyridine rings is 2. The Morgan fingerprint density at radius 3 is 1.81 bits per heavy atom. The molecule has 0 aliphatic rings. The number of nitrogens with one attached hydrogen (secondary N) is 1. The molecule has 1 atom stereocenters. The Balaban J connectivity index is 0.991. The molecule has 10 aromatic rings. The Morgan fingerprint density at radius 1 is 0.542 bits per heavy atom. The smallest absolute Gasteiger partial charge is 0.164 e. The molecule has 0 radical (unpaired) electrons. The first-order valence-corrected chi connectivity index (χ1v) is 19.9. The lowest BCUT2D eigenvalue weighted by molar-refractivity contribution is 0.858. The van der Waals surface area contributed by atoms with Crippen LogP contribution in [0.5, 0.6) is 0 Å². The van der Waals surface area contributed by atoms with Crippen LogP contribution in [-0.4, -0.2) is 19.5 Å². The molecule has 282 valence electrons. The van der Waals surface area contributed by atoms with Gasteiger partial charge in [-0.3, -0.25) is 14.5 Å². The summed E-state index contributed by atoms with van der Waals surface area (Å²) in [7, 11) is 0. The molecule has 3 N–H and O–H groups in total. The molecular formula is C53H40N6. The molecule has 0 aliphatic carbocycles. The maximum absolute atomic E-state index is 6.88. The van der Waals surface area contributed by atoms with E-state index in [-0.39, 0.29) is 6.04 Å². The minimum atomic E-state index is -0.300. The first-order valence-electron chi connectivity index (χ1n) is 19.9. The molecule has 7 aromatic carbocycles. The number of nitrogens with zero attached hydrogens (tertiary/aromatic N) is 4. The number of hydrogen-bond donors (Lipinski definition) is 2. The van der Waals surface area contributed by atoms with Crippen molar-refractivity contribution < 1.29 is 0 Å². The van der Waals surface area contributed by atoms with Gasteiger partial charge in [0, 0.05) is 46.5 Å². The third-order valence-corrected chi connectivity index (χ3v) is 11.0. The van der Waals surface area contributed by atoms with Crippen molar-refractivity contribution >= 4 is 38.4 Å². The molecule has 3 aromatic heterocycles. The maximum Gasteiger partial charge on any atom is 0.164 e. The van der Waals surface area contributed by atoms with Crippen LogP contribution in [0.25, 0.3) is 77.9 Å². The van der Waals surface area contributed by atoms with Crippen LogP contribution in [0.15, 0.2) is 207 Å². The van der Waals surface area contributed by atoms with Gasteiger partial charge in [-0.2, -0.15) is 0 Å². The van der Waals surface area contributed by atoms with E-state index in [0.717, 1.165) is 77.9 Å². The Hall–Kier alpha value is -7.67. The van der Waals surface area contributed by atoms with Crippen molar-refractivity contribution in [3.8, 4) is 39.5 Å². The zero-order valence-corrected chi connectivity index (χ0v) is 32.3. The first kappa shape index (κ1) is 35.7. The van der Waals surface area contributed by atoms with Gasteiger partial charge in [0.25, 0.3) is 0 Å². The zero-order chi connectivity index (χ0) is 39.5. The van der Waals surface area contributed by atoms with Gasteiger partial charge in [-0.25, -0.2) is 4.98 Å². The average Bonchev–Trinajstić information content (AvgIpc) is 3.73. The van der Waals surface area contributed by atoms with Gasteiger partial charge in [0.2, 0.25) is 0 Å². The summed E-state index contributed by atoms with van der Waals surface area (Å²) in [6, 6.07) is 65.0. The van der Waals surface area contributed by atoms with Gasteiger partial charge in [-0.05, 0) is 81.4 Å². The predicted octanol–water partition coefficient (Wildman–Crippen LogP) is 12.0. The van der Waals surface area contributed by atoms with E-state index in [1.807, 2.05) is 48.8 Å². The standard InChI is InChI=1S/C53H40N6/c54-47(41-24-20-38(21-25-41)37-14-5-2-6-15-37)34-49(57-35-36-12-3-1-4-13-36)42-26-22-39(23-27-42)40-28-30-43(31-29-40)59-52-46-18-11-33-56-50(46)44-16-7-8-17-45(44)51(52)58-53(59)48-19-9-10-32-55-48/h1-34,47,57H,35,54H2/b49-34-. The van der Waals surface area contributed by atoms with E-state index in [1.165, 1.54) is 16.7 Å². The van der Waals surface area contributed by atoms with E-state index in [9.17, 15) is 0 Å². The summed E-state index contributed by atoms with van der Waals surface area (Å²) < 4.78 is 2.23. The Morgan fingerprint density at radius 2 is 1.12 bits per heavy atom. The van der Waals surface area contributed by atoms with Crippen molar-refractivity contribution in [3.05, 3.63) is 223 Å². The number of benzene rings is 7. The largest absolute Gasteiger partial charge is 0.381 e. The normalized spacial score (nSPS) is 12.3. The first-order chi connectivity index (χ1) is 29.2.